The van der Waals surface area contributed by atoms with Crippen LogP contribution in [0.1, 0.15) is 47.6 Å². The summed E-state index contributed by atoms with van der Waals surface area (Å²) >= 11 is 3.48. The number of carbonyl (C=O) groups is 1. The first-order valence-corrected chi connectivity index (χ1v) is 10.9. The molecule has 0 saturated carbocycles. The van der Waals surface area contributed by atoms with E-state index in [9.17, 15) is 14.9 Å². The number of nitrogens with zero attached hydrogens (tertiary/aromatic N) is 3. The van der Waals surface area contributed by atoms with E-state index >= 15 is 0 Å². The highest BCUT2D eigenvalue weighted by molar-refractivity contribution is 9.10. The molecule has 1 aromatic heterocycles. The number of fused-ring (bicyclic) bond motifs is 1. The number of nitro benzene ring substituents is 1. The molecule has 0 spiro atoms. The molecule has 0 fully saturated rings. The Bertz CT molecular complexity index is 1230. The van der Waals surface area contributed by atoms with Crippen LogP contribution in [-0.4, -0.2) is 21.2 Å². The van der Waals surface area contributed by atoms with Crippen molar-refractivity contribution in [1.29, 1.82) is 0 Å². The standard InChI is InChI=1S/C24H22BrN3O4/c1-15-12-20-21(26-32-23(29)16-4-8-19(9-5-16)28(30)31)13-24(2,3)14-22(20)27(15)18-10-6-17(25)7-11-18/h4-12H,13-14H2,1-3H3/b26-21+. The van der Waals surface area contributed by atoms with Gasteiger partial charge in [-0.1, -0.05) is 34.9 Å². The van der Waals surface area contributed by atoms with Gasteiger partial charge in [0.05, 0.1) is 16.2 Å². The number of aromatic nitrogens is 1. The minimum absolute atomic E-state index is 0.0660. The SMILES string of the molecule is Cc1cc2c(n1-c1ccc(Br)cc1)CC(C)(C)C/C2=N\OC(=O)c1ccc([N+](=O)[O-])cc1. The number of non-ortho nitro benzene ring substituents is 1. The molecule has 0 N–H and O–H groups in total. The van der Waals surface area contributed by atoms with Crippen molar-refractivity contribution in [3.63, 3.8) is 0 Å². The van der Waals surface area contributed by atoms with Crippen LogP contribution in [-0.2, 0) is 11.3 Å². The van der Waals surface area contributed by atoms with Gasteiger partial charge < -0.3 is 9.40 Å². The maximum Gasteiger partial charge on any atom is 0.365 e. The second-order valence-electron chi connectivity index (χ2n) is 8.70. The van der Waals surface area contributed by atoms with Crippen LogP contribution in [0.4, 0.5) is 5.69 Å². The zero-order valence-corrected chi connectivity index (χ0v) is 19.5. The Balaban J connectivity index is 1.66. The third kappa shape index (κ3) is 4.36. The summed E-state index contributed by atoms with van der Waals surface area (Å²) in [5.41, 5.74) is 5.01. The van der Waals surface area contributed by atoms with Crippen LogP contribution in [0.15, 0.2) is 64.2 Å². The highest BCUT2D eigenvalue weighted by Crippen LogP contribution is 2.38. The van der Waals surface area contributed by atoms with Gasteiger partial charge in [-0.2, -0.15) is 0 Å². The maximum absolute atomic E-state index is 12.5. The third-order valence-corrected chi connectivity index (χ3v) is 6.06. The van der Waals surface area contributed by atoms with Gasteiger partial charge >= 0.3 is 5.97 Å². The molecule has 0 bridgehead atoms. The molecular weight excluding hydrogens is 474 g/mol. The summed E-state index contributed by atoms with van der Waals surface area (Å²) in [6.45, 7) is 6.38. The van der Waals surface area contributed by atoms with Crippen molar-refractivity contribution in [2.45, 2.75) is 33.6 Å². The van der Waals surface area contributed by atoms with Crippen molar-refractivity contribution >= 4 is 33.3 Å². The van der Waals surface area contributed by atoms with Crippen LogP contribution in [0, 0.1) is 22.5 Å². The topological polar surface area (TPSA) is 86.7 Å². The molecule has 0 atom stereocenters. The average molecular weight is 496 g/mol. The number of hydrogen-bond donors (Lipinski definition) is 0. The molecule has 0 saturated heterocycles. The van der Waals surface area contributed by atoms with E-state index in [0.717, 1.165) is 33.5 Å². The molecule has 4 rings (SSSR count). The van der Waals surface area contributed by atoms with Gasteiger partial charge in [0.2, 0.25) is 0 Å². The molecule has 0 aliphatic heterocycles. The molecule has 0 unspecified atom stereocenters. The van der Waals surface area contributed by atoms with Crippen LogP contribution in [0.2, 0.25) is 0 Å². The van der Waals surface area contributed by atoms with E-state index in [-0.39, 0.29) is 16.7 Å². The average Bonchev–Trinajstić information content (AvgIpc) is 3.07. The Hall–Kier alpha value is -3.26. The predicted molar refractivity (Wildman–Crippen MR) is 125 cm³/mol. The normalized spacial score (nSPS) is 15.9. The predicted octanol–water partition coefficient (Wildman–Crippen LogP) is 5.99. The monoisotopic (exact) mass is 495 g/mol. The number of halogens is 1. The fourth-order valence-corrected chi connectivity index (χ4v) is 4.34. The summed E-state index contributed by atoms with van der Waals surface area (Å²) in [6.07, 6.45) is 1.53. The first-order chi connectivity index (χ1) is 15.1. The van der Waals surface area contributed by atoms with Gasteiger partial charge in [0.1, 0.15) is 0 Å². The molecule has 0 radical (unpaired) electrons. The number of benzene rings is 2. The van der Waals surface area contributed by atoms with Gasteiger partial charge in [0.25, 0.3) is 5.69 Å². The summed E-state index contributed by atoms with van der Waals surface area (Å²) in [6, 6.07) is 15.5. The molecule has 8 heteroatoms. The van der Waals surface area contributed by atoms with Crippen LogP contribution in [0.3, 0.4) is 0 Å². The van der Waals surface area contributed by atoms with E-state index in [4.69, 9.17) is 4.84 Å². The van der Waals surface area contributed by atoms with Gasteiger partial charge in [0, 0.05) is 39.2 Å². The van der Waals surface area contributed by atoms with E-state index in [1.807, 2.05) is 19.1 Å². The molecule has 1 heterocycles. The van der Waals surface area contributed by atoms with Gasteiger partial charge in [0.15, 0.2) is 0 Å². The molecule has 7 nitrogen and oxygen atoms in total. The lowest BCUT2D eigenvalue weighted by Gasteiger charge is -2.31. The Morgan fingerprint density at radius 3 is 2.41 bits per heavy atom. The number of oxime groups is 1. The summed E-state index contributed by atoms with van der Waals surface area (Å²) in [5.74, 6) is -0.651. The molecule has 32 heavy (non-hydrogen) atoms. The number of hydrogen-bond acceptors (Lipinski definition) is 5. The zero-order chi connectivity index (χ0) is 23.0. The first kappa shape index (κ1) is 22.0. The third-order valence-electron chi connectivity index (χ3n) is 5.53. The lowest BCUT2D eigenvalue weighted by atomic mass is 9.76. The van der Waals surface area contributed by atoms with Gasteiger partial charge in [-0.05, 0) is 67.6 Å². The van der Waals surface area contributed by atoms with Crippen molar-refractivity contribution in [1.82, 2.24) is 4.57 Å². The van der Waals surface area contributed by atoms with Crippen LogP contribution < -0.4 is 0 Å². The highest BCUT2D eigenvalue weighted by Gasteiger charge is 2.33. The number of nitro groups is 1. The zero-order valence-electron chi connectivity index (χ0n) is 18.0. The largest absolute Gasteiger partial charge is 0.365 e. The Labute approximate surface area is 194 Å². The first-order valence-electron chi connectivity index (χ1n) is 10.1. The summed E-state index contributed by atoms with van der Waals surface area (Å²) < 4.78 is 3.23. The minimum atomic E-state index is -0.651. The van der Waals surface area contributed by atoms with E-state index in [1.165, 1.54) is 24.3 Å². The molecule has 164 valence electrons. The van der Waals surface area contributed by atoms with Crippen molar-refractivity contribution in [3.05, 3.63) is 91.7 Å². The van der Waals surface area contributed by atoms with Gasteiger partial charge in [-0.15, -0.1) is 0 Å². The lowest BCUT2D eigenvalue weighted by Crippen LogP contribution is -2.28. The number of carbonyl (C=O) groups excluding carboxylic acids is 1. The molecule has 1 aliphatic carbocycles. The molecule has 2 aromatic carbocycles. The van der Waals surface area contributed by atoms with Crippen molar-refractivity contribution in [3.8, 4) is 5.69 Å². The van der Waals surface area contributed by atoms with Gasteiger partial charge in [-0.25, -0.2) is 4.79 Å². The van der Waals surface area contributed by atoms with E-state index in [0.29, 0.717) is 12.1 Å². The minimum Gasteiger partial charge on any atom is -0.318 e. The molecule has 1 aliphatic rings. The van der Waals surface area contributed by atoms with E-state index in [1.54, 1.807) is 0 Å². The van der Waals surface area contributed by atoms with Crippen molar-refractivity contribution in [2.75, 3.05) is 0 Å². The summed E-state index contributed by atoms with van der Waals surface area (Å²) in [5, 5.41) is 15.0. The summed E-state index contributed by atoms with van der Waals surface area (Å²) in [7, 11) is 0. The maximum atomic E-state index is 12.5. The molecule has 0 amide bonds. The van der Waals surface area contributed by atoms with Gasteiger partial charge in [-0.3, -0.25) is 10.1 Å². The van der Waals surface area contributed by atoms with E-state index < -0.39 is 10.9 Å². The lowest BCUT2D eigenvalue weighted by molar-refractivity contribution is -0.384. The fourth-order valence-electron chi connectivity index (χ4n) is 4.08. The number of aryl methyl sites for hydroxylation is 1. The number of rotatable bonds is 4. The molecular formula is C24H22BrN3O4. The van der Waals surface area contributed by atoms with Crippen LogP contribution in [0.5, 0.6) is 0 Å². The Morgan fingerprint density at radius 2 is 1.78 bits per heavy atom. The highest BCUT2D eigenvalue weighted by atomic mass is 79.9. The second kappa shape index (κ2) is 8.35. The molecule has 3 aromatic rings. The summed E-state index contributed by atoms with van der Waals surface area (Å²) in [4.78, 5) is 28.0. The van der Waals surface area contributed by atoms with Crippen molar-refractivity contribution in [2.24, 2.45) is 10.6 Å². The fraction of sp³-hybridized carbons (Fsp3) is 0.250. The quantitative estimate of drug-likeness (QED) is 0.252. The Kier molecular flexibility index (Phi) is 5.73. The van der Waals surface area contributed by atoms with E-state index in [2.05, 4.69) is 57.7 Å². The second-order valence-corrected chi connectivity index (χ2v) is 9.61. The van der Waals surface area contributed by atoms with Crippen LogP contribution >= 0.6 is 15.9 Å². The smallest absolute Gasteiger partial charge is 0.318 e. The Morgan fingerprint density at radius 1 is 1.12 bits per heavy atom. The van der Waals surface area contributed by atoms with Crippen molar-refractivity contribution < 1.29 is 14.6 Å². The van der Waals surface area contributed by atoms with Crippen LogP contribution in [0.25, 0.3) is 5.69 Å².